The Balaban J connectivity index is 1.50. The number of carbonyl (C=O) groups excluding carboxylic acids is 2. The van der Waals surface area contributed by atoms with Gasteiger partial charge < -0.3 is 15.0 Å². The topological polar surface area (TPSA) is 95.6 Å². The van der Waals surface area contributed by atoms with Crippen LogP contribution in [0.1, 0.15) is 15.9 Å². The number of ether oxygens (including phenoxy) is 1. The van der Waals surface area contributed by atoms with Crippen molar-refractivity contribution in [3.63, 3.8) is 0 Å². The number of hydrogen-bond donors (Lipinski definition) is 3. The zero-order valence-electron chi connectivity index (χ0n) is 14.2. The highest BCUT2D eigenvalue weighted by Crippen LogP contribution is 2.15. The van der Waals surface area contributed by atoms with Crippen LogP contribution < -0.4 is 15.5 Å². The van der Waals surface area contributed by atoms with Crippen LogP contribution >= 0.6 is 0 Å². The molecule has 0 bridgehead atoms. The van der Waals surface area contributed by atoms with Gasteiger partial charge in [-0.2, -0.15) is 5.10 Å². The molecule has 1 heterocycles. The van der Waals surface area contributed by atoms with Crippen molar-refractivity contribution in [1.29, 1.82) is 0 Å². The quantitative estimate of drug-likeness (QED) is 0.469. The van der Waals surface area contributed by atoms with Crippen molar-refractivity contribution in [3.05, 3.63) is 65.9 Å². The van der Waals surface area contributed by atoms with Gasteiger partial charge in [-0.05, 0) is 30.3 Å². The second kappa shape index (κ2) is 7.98. The van der Waals surface area contributed by atoms with Crippen molar-refractivity contribution in [2.75, 3.05) is 13.7 Å². The van der Waals surface area contributed by atoms with E-state index in [1.165, 1.54) is 0 Å². The third kappa shape index (κ3) is 4.07. The number of carbonyl (C=O) groups is 2. The van der Waals surface area contributed by atoms with Crippen molar-refractivity contribution in [3.8, 4) is 5.75 Å². The molecular weight excluding hydrogens is 332 g/mol. The first-order valence-corrected chi connectivity index (χ1v) is 7.97. The third-order valence-corrected chi connectivity index (χ3v) is 3.78. The summed E-state index contributed by atoms with van der Waals surface area (Å²) in [7, 11) is 1.55. The molecule has 2 aromatic carbocycles. The molecule has 0 aliphatic heterocycles. The average molecular weight is 350 g/mol. The molecule has 2 amide bonds. The molecule has 0 fully saturated rings. The Hall–Kier alpha value is -3.61. The number of H-pyrrole nitrogens is 1. The zero-order chi connectivity index (χ0) is 18.4. The number of benzene rings is 2. The molecule has 3 N–H and O–H groups in total. The van der Waals surface area contributed by atoms with Gasteiger partial charge in [-0.25, -0.2) is 5.43 Å². The normalized spacial score (nSPS) is 10.8. The molecular formula is C19H18N4O3. The van der Waals surface area contributed by atoms with Crippen LogP contribution in [0.5, 0.6) is 5.75 Å². The van der Waals surface area contributed by atoms with Crippen LogP contribution in [0.3, 0.4) is 0 Å². The minimum Gasteiger partial charge on any atom is -0.497 e. The zero-order valence-corrected chi connectivity index (χ0v) is 14.2. The molecule has 3 aromatic rings. The van der Waals surface area contributed by atoms with E-state index in [0.717, 1.165) is 16.5 Å². The largest absolute Gasteiger partial charge is 0.497 e. The van der Waals surface area contributed by atoms with Gasteiger partial charge >= 0.3 is 0 Å². The SMILES string of the molecule is COc1ccc(C(=O)NCC(=O)N/N=C/c2c[nH]c3ccccc23)cc1. The summed E-state index contributed by atoms with van der Waals surface area (Å²) in [6.07, 6.45) is 3.37. The molecule has 0 saturated heterocycles. The Labute approximate surface area is 150 Å². The minimum atomic E-state index is -0.414. The molecule has 26 heavy (non-hydrogen) atoms. The molecule has 0 aliphatic carbocycles. The number of amides is 2. The van der Waals surface area contributed by atoms with Gasteiger partial charge in [-0.1, -0.05) is 18.2 Å². The van der Waals surface area contributed by atoms with Crippen LogP contribution in [0, 0.1) is 0 Å². The second-order valence-electron chi connectivity index (χ2n) is 5.49. The summed E-state index contributed by atoms with van der Waals surface area (Å²) in [6, 6.07) is 14.4. The lowest BCUT2D eigenvalue weighted by molar-refractivity contribution is -0.120. The van der Waals surface area contributed by atoms with Crippen LogP contribution in [-0.2, 0) is 4.79 Å². The maximum atomic E-state index is 12.0. The fraction of sp³-hybridized carbons (Fsp3) is 0.105. The van der Waals surface area contributed by atoms with E-state index in [2.05, 4.69) is 20.8 Å². The van der Waals surface area contributed by atoms with Gasteiger partial charge in [0.1, 0.15) is 5.75 Å². The van der Waals surface area contributed by atoms with Crippen LogP contribution in [0.2, 0.25) is 0 Å². The number of rotatable bonds is 6. The molecule has 0 unspecified atom stereocenters. The average Bonchev–Trinajstić information content (AvgIpc) is 3.09. The summed E-state index contributed by atoms with van der Waals surface area (Å²) >= 11 is 0. The molecule has 3 rings (SSSR count). The molecule has 0 spiro atoms. The Morgan fingerprint density at radius 3 is 2.69 bits per heavy atom. The lowest BCUT2D eigenvalue weighted by atomic mass is 10.2. The molecule has 0 aliphatic rings. The number of hydrogen-bond acceptors (Lipinski definition) is 4. The molecule has 7 heteroatoms. The van der Waals surface area contributed by atoms with Crippen molar-refractivity contribution < 1.29 is 14.3 Å². The van der Waals surface area contributed by atoms with Crippen LogP contribution in [-0.4, -0.2) is 36.7 Å². The summed E-state index contributed by atoms with van der Waals surface area (Å²) in [5.41, 5.74) is 4.69. The van der Waals surface area contributed by atoms with E-state index in [9.17, 15) is 9.59 Å². The lowest BCUT2D eigenvalue weighted by Crippen LogP contribution is -2.34. The van der Waals surface area contributed by atoms with Gasteiger partial charge in [0.15, 0.2) is 0 Å². The van der Waals surface area contributed by atoms with E-state index in [0.29, 0.717) is 11.3 Å². The van der Waals surface area contributed by atoms with Crippen molar-refractivity contribution in [2.24, 2.45) is 5.10 Å². The smallest absolute Gasteiger partial charge is 0.259 e. The number of hydrazone groups is 1. The van der Waals surface area contributed by atoms with Crippen molar-refractivity contribution >= 4 is 28.9 Å². The van der Waals surface area contributed by atoms with E-state index in [1.807, 2.05) is 30.5 Å². The minimum absolute atomic E-state index is 0.171. The molecule has 1 aromatic heterocycles. The second-order valence-corrected chi connectivity index (χ2v) is 5.49. The van der Waals surface area contributed by atoms with Crippen molar-refractivity contribution in [1.82, 2.24) is 15.7 Å². The van der Waals surface area contributed by atoms with E-state index >= 15 is 0 Å². The van der Waals surface area contributed by atoms with Crippen LogP contribution in [0.15, 0.2) is 59.8 Å². The predicted molar refractivity (Wildman–Crippen MR) is 99.4 cm³/mol. The summed E-state index contributed by atoms with van der Waals surface area (Å²) in [5, 5.41) is 7.47. The number of para-hydroxylation sites is 1. The summed E-state index contributed by atoms with van der Waals surface area (Å²) in [4.78, 5) is 26.9. The van der Waals surface area contributed by atoms with E-state index in [-0.39, 0.29) is 12.5 Å². The third-order valence-electron chi connectivity index (χ3n) is 3.78. The Bertz CT molecular complexity index is 945. The Morgan fingerprint density at radius 1 is 1.15 bits per heavy atom. The fourth-order valence-corrected chi connectivity index (χ4v) is 2.42. The maximum Gasteiger partial charge on any atom is 0.259 e. The number of fused-ring (bicyclic) bond motifs is 1. The van der Waals surface area contributed by atoms with Gasteiger partial charge in [0.25, 0.3) is 11.8 Å². The van der Waals surface area contributed by atoms with Gasteiger partial charge in [0.05, 0.1) is 19.9 Å². The lowest BCUT2D eigenvalue weighted by Gasteiger charge is -2.05. The Kier molecular flexibility index (Phi) is 5.28. The summed E-state index contributed by atoms with van der Waals surface area (Å²) in [5.74, 6) is -0.0997. The molecule has 7 nitrogen and oxygen atoms in total. The van der Waals surface area contributed by atoms with Crippen LogP contribution in [0.25, 0.3) is 10.9 Å². The highest BCUT2D eigenvalue weighted by molar-refractivity contribution is 5.99. The van der Waals surface area contributed by atoms with Gasteiger partial charge in [-0.15, -0.1) is 0 Å². The van der Waals surface area contributed by atoms with Gasteiger partial charge in [-0.3, -0.25) is 9.59 Å². The van der Waals surface area contributed by atoms with E-state index < -0.39 is 5.91 Å². The molecule has 0 atom stereocenters. The molecule has 132 valence electrons. The van der Waals surface area contributed by atoms with Crippen LogP contribution in [0.4, 0.5) is 0 Å². The van der Waals surface area contributed by atoms with E-state index in [4.69, 9.17) is 4.74 Å². The highest BCUT2D eigenvalue weighted by Gasteiger charge is 2.07. The highest BCUT2D eigenvalue weighted by atomic mass is 16.5. The van der Waals surface area contributed by atoms with Gasteiger partial charge in [0.2, 0.25) is 0 Å². The number of aromatic amines is 1. The first-order valence-electron chi connectivity index (χ1n) is 7.97. The van der Waals surface area contributed by atoms with E-state index in [1.54, 1.807) is 37.6 Å². The summed E-state index contributed by atoms with van der Waals surface area (Å²) in [6.45, 7) is -0.171. The first-order chi connectivity index (χ1) is 12.7. The summed E-state index contributed by atoms with van der Waals surface area (Å²) < 4.78 is 5.03. The maximum absolute atomic E-state index is 12.0. The molecule has 0 saturated carbocycles. The van der Waals surface area contributed by atoms with Gasteiger partial charge in [0, 0.05) is 28.2 Å². The Morgan fingerprint density at radius 2 is 1.92 bits per heavy atom. The molecule has 0 radical (unpaired) electrons. The predicted octanol–water partition coefficient (Wildman–Crippen LogP) is 2.06. The monoisotopic (exact) mass is 350 g/mol. The number of methoxy groups -OCH3 is 1. The fourth-order valence-electron chi connectivity index (χ4n) is 2.42. The number of nitrogens with zero attached hydrogens (tertiary/aromatic N) is 1. The van der Waals surface area contributed by atoms with Crippen molar-refractivity contribution in [2.45, 2.75) is 0 Å². The first kappa shape index (κ1) is 17.2. The standard InChI is InChI=1S/C19H18N4O3/c1-26-15-8-6-13(7-9-15)19(25)21-12-18(24)23-22-11-14-10-20-17-5-3-2-4-16(14)17/h2-11,20H,12H2,1H3,(H,21,25)(H,23,24)/b22-11+. The number of nitrogens with one attached hydrogen (secondary N) is 3. The number of aromatic nitrogens is 1.